The molecule has 0 saturated carbocycles. The number of aromatic nitrogens is 2. The van der Waals surface area contributed by atoms with E-state index in [0.717, 1.165) is 28.3 Å². The summed E-state index contributed by atoms with van der Waals surface area (Å²) in [6, 6.07) is 1.94. The summed E-state index contributed by atoms with van der Waals surface area (Å²) in [6.07, 6.45) is 4.38. The van der Waals surface area contributed by atoms with Gasteiger partial charge < -0.3 is 9.67 Å². The average Bonchev–Trinajstić information content (AvgIpc) is 2.65. The number of nitrogens with zero attached hydrogens (tertiary/aromatic N) is 2. The van der Waals surface area contributed by atoms with Crippen LogP contribution in [-0.2, 0) is 6.54 Å². The highest BCUT2D eigenvalue weighted by Gasteiger charge is 2.08. The summed E-state index contributed by atoms with van der Waals surface area (Å²) in [7, 11) is 0. The minimum Gasteiger partial charge on any atom is -0.396 e. The molecule has 0 aliphatic carbocycles. The van der Waals surface area contributed by atoms with Crippen molar-refractivity contribution in [1.29, 1.82) is 0 Å². The van der Waals surface area contributed by atoms with Gasteiger partial charge in [-0.2, -0.15) is 0 Å². The number of aryl methyl sites for hydroxylation is 1. The van der Waals surface area contributed by atoms with Crippen molar-refractivity contribution in [3.8, 4) is 0 Å². The Labute approximate surface area is 101 Å². The maximum atomic E-state index is 8.80. The largest absolute Gasteiger partial charge is 0.396 e. The van der Waals surface area contributed by atoms with Gasteiger partial charge in [0.1, 0.15) is 5.15 Å². The molecule has 0 aromatic carbocycles. The van der Waals surface area contributed by atoms with Gasteiger partial charge in [0, 0.05) is 30.9 Å². The van der Waals surface area contributed by atoms with Crippen LogP contribution in [0.25, 0.3) is 10.9 Å². The summed E-state index contributed by atoms with van der Waals surface area (Å²) >= 11 is 9.43. The normalized spacial score (nSPS) is 11.1. The fraction of sp³-hybridized carbons (Fsp3) is 0.300. The Morgan fingerprint density at radius 1 is 1.53 bits per heavy atom. The number of pyridine rings is 1. The Morgan fingerprint density at radius 3 is 3.07 bits per heavy atom. The number of hydrogen-bond donors (Lipinski definition) is 1. The molecule has 0 atom stereocenters. The molecule has 0 radical (unpaired) electrons. The maximum Gasteiger partial charge on any atom is 0.138 e. The van der Waals surface area contributed by atoms with E-state index >= 15 is 0 Å². The summed E-state index contributed by atoms with van der Waals surface area (Å²) < 4.78 is 2.98. The van der Waals surface area contributed by atoms with Crippen molar-refractivity contribution in [1.82, 2.24) is 9.55 Å². The number of rotatable bonds is 3. The number of aliphatic hydroxyl groups is 1. The van der Waals surface area contributed by atoms with E-state index in [9.17, 15) is 0 Å². The lowest BCUT2D eigenvalue weighted by atomic mass is 10.3. The number of aliphatic hydroxyl groups excluding tert-OH is 1. The Hall–Kier alpha value is -0.580. The summed E-state index contributed by atoms with van der Waals surface area (Å²) in [6.45, 7) is 0.967. The van der Waals surface area contributed by atoms with E-state index in [1.807, 2.05) is 12.3 Å². The second-order valence-corrected chi connectivity index (χ2v) is 4.46. The van der Waals surface area contributed by atoms with Crippen LogP contribution in [0.4, 0.5) is 0 Å². The molecular weight excluding hydrogens is 279 g/mol. The highest BCUT2D eigenvalue weighted by atomic mass is 79.9. The molecule has 0 aliphatic rings. The molecule has 2 aromatic heterocycles. The molecule has 15 heavy (non-hydrogen) atoms. The van der Waals surface area contributed by atoms with Crippen LogP contribution in [0.15, 0.2) is 22.9 Å². The number of hydrogen-bond acceptors (Lipinski definition) is 2. The smallest absolute Gasteiger partial charge is 0.138 e. The third kappa shape index (κ3) is 2.02. The average molecular weight is 290 g/mol. The molecule has 0 spiro atoms. The molecule has 0 unspecified atom stereocenters. The molecule has 2 heterocycles. The first-order valence-electron chi connectivity index (χ1n) is 4.63. The lowest BCUT2D eigenvalue weighted by Crippen LogP contribution is -1.98. The van der Waals surface area contributed by atoms with Gasteiger partial charge in [0.05, 0.1) is 9.99 Å². The van der Waals surface area contributed by atoms with Crippen molar-refractivity contribution in [2.45, 2.75) is 13.0 Å². The van der Waals surface area contributed by atoms with Crippen LogP contribution in [-0.4, -0.2) is 21.3 Å². The second kappa shape index (κ2) is 4.51. The fourth-order valence-electron chi connectivity index (χ4n) is 1.58. The fourth-order valence-corrected chi connectivity index (χ4v) is 2.32. The highest BCUT2D eigenvalue weighted by molar-refractivity contribution is 9.10. The zero-order chi connectivity index (χ0) is 10.8. The lowest BCUT2D eigenvalue weighted by Gasteiger charge is -2.05. The van der Waals surface area contributed by atoms with Crippen molar-refractivity contribution in [2.24, 2.45) is 0 Å². The summed E-state index contributed by atoms with van der Waals surface area (Å²) in [5.41, 5.74) is 1.03. The Balaban J connectivity index is 2.53. The predicted octanol–water partition coefficient (Wildman–Crippen LogP) is 2.83. The van der Waals surface area contributed by atoms with E-state index in [0.29, 0.717) is 5.15 Å². The molecule has 2 aromatic rings. The first-order valence-corrected chi connectivity index (χ1v) is 5.81. The van der Waals surface area contributed by atoms with Gasteiger partial charge in [-0.15, -0.1) is 0 Å². The SMILES string of the molecule is OCCCn1ccc2c(Cl)ncc(Br)c21. The molecular formula is C10H10BrClN2O. The van der Waals surface area contributed by atoms with Gasteiger partial charge in [-0.3, -0.25) is 0 Å². The van der Waals surface area contributed by atoms with Crippen molar-refractivity contribution >= 4 is 38.4 Å². The molecule has 0 amide bonds. The van der Waals surface area contributed by atoms with Gasteiger partial charge >= 0.3 is 0 Å². The molecule has 3 nitrogen and oxygen atoms in total. The zero-order valence-electron chi connectivity index (χ0n) is 7.95. The van der Waals surface area contributed by atoms with E-state index in [4.69, 9.17) is 16.7 Å². The Bertz CT molecular complexity index is 483. The minimum atomic E-state index is 0.191. The molecule has 0 bridgehead atoms. The number of fused-ring (bicyclic) bond motifs is 1. The molecule has 5 heteroatoms. The quantitative estimate of drug-likeness (QED) is 0.882. The number of halogens is 2. The second-order valence-electron chi connectivity index (χ2n) is 3.25. The van der Waals surface area contributed by atoms with Gasteiger partial charge in [-0.25, -0.2) is 4.98 Å². The van der Waals surface area contributed by atoms with Crippen LogP contribution >= 0.6 is 27.5 Å². The van der Waals surface area contributed by atoms with Gasteiger partial charge in [0.25, 0.3) is 0 Å². The Kier molecular flexibility index (Phi) is 3.29. The topological polar surface area (TPSA) is 38.0 Å². The molecule has 80 valence electrons. The van der Waals surface area contributed by atoms with Gasteiger partial charge in [-0.1, -0.05) is 11.6 Å². The van der Waals surface area contributed by atoms with Crippen molar-refractivity contribution in [3.05, 3.63) is 28.1 Å². The van der Waals surface area contributed by atoms with Gasteiger partial charge in [0.15, 0.2) is 0 Å². The minimum absolute atomic E-state index is 0.191. The van der Waals surface area contributed by atoms with Crippen molar-refractivity contribution in [2.75, 3.05) is 6.61 Å². The van der Waals surface area contributed by atoms with Crippen LogP contribution in [0.5, 0.6) is 0 Å². The lowest BCUT2D eigenvalue weighted by molar-refractivity contribution is 0.280. The van der Waals surface area contributed by atoms with Crippen molar-refractivity contribution < 1.29 is 5.11 Å². The first kappa shape index (κ1) is 10.9. The van der Waals surface area contributed by atoms with Crippen LogP contribution in [0.2, 0.25) is 5.15 Å². The third-order valence-corrected chi connectivity index (χ3v) is 3.14. The molecule has 0 aliphatic heterocycles. The molecule has 0 saturated heterocycles. The summed E-state index contributed by atoms with van der Waals surface area (Å²) in [5.74, 6) is 0. The van der Waals surface area contributed by atoms with Crippen LogP contribution < -0.4 is 0 Å². The van der Waals surface area contributed by atoms with E-state index in [-0.39, 0.29) is 6.61 Å². The van der Waals surface area contributed by atoms with Crippen LogP contribution in [0.3, 0.4) is 0 Å². The molecule has 0 fully saturated rings. The maximum absolute atomic E-state index is 8.80. The monoisotopic (exact) mass is 288 g/mol. The van der Waals surface area contributed by atoms with E-state index in [1.165, 1.54) is 0 Å². The molecule has 1 N–H and O–H groups in total. The van der Waals surface area contributed by atoms with Gasteiger partial charge in [-0.05, 0) is 28.4 Å². The predicted molar refractivity (Wildman–Crippen MR) is 64.1 cm³/mol. The summed E-state index contributed by atoms with van der Waals surface area (Å²) in [4.78, 5) is 4.06. The van der Waals surface area contributed by atoms with E-state index in [1.54, 1.807) is 6.20 Å². The van der Waals surface area contributed by atoms with Gasteiger partial charge in [0.2, 0.25) is 0 Å². The van der Waals surface area contributed by atoms with E-state index < -0.39 is 0 Å². The molecule has 2 rings (SSSR count). The first-order chi connectivity index (χ1) is 7.24. The summed E-state index contributed by atoms with van der Waals surface area (Å²) in [5, 5.41) is 10.2. The van der Waals surface area contributed by atoms with Crippen LogP contribution in [0.1, 0.15) is 6.42 Å². The highest BCUT2D eigenvalue weighted by Crippen LogP contribution is 2.28. The third-order valence-electron chi connectivity index (χ3n) is 2.26. The Morgan fingerprint density at radius 2 is 2.33 bits per heavy atom. The van der Waals surface area contributed by atoms with Crippen LogP contribution in [0, 0.1) is 0 Å². The zero-order valence-corrected chi connectivity index (χ0v) is 10.3. The standard InChI is InChI=1S/C10H10BrClN2O/c11-8-6-13-10(12)7-2-4-14(9(7)8)3-1-5-15/h2,4,6,15H,1,3,5H2. The van der Waals surface area contributed by atoms with Crippen molar-refractivity contribution in [3.63, 3.8) is 0 Å². The van der Waals surface area contributed by atoms with E-state index in [2.05, 4.69) is 25.5 Å².